The molecule has 0 spiro atoms. The third-order valence-electron chi connectivity index (χ3n) is 2.37. The van der Waals surface area contributed by atoms with Crippen LogP contribution in [0.25, 0.3) is 0 Å². The number of nitrogens with zero attached hydrogens (tertiary/aromatic N) is 2. The number of nitrogens with two attached hydrogens (primary N) is 2. The lowest BCUT2D eigenvalue weighted by molar-refractivity contribution is 0.224. The van der Waals surface area contributed by atoms with Gasteiger partial charge in [-0.05, 0) is 38.9 Å². The topological polar surface area (TPSA) is 67.6 Å². The minimum absolute atomic E-state index is 0.217. The Bertz CT molecular complexity index is 154. The average molecular weight is 170 g/mol. The zero-order chi connectivity index (χ0) is 8.97. The third-order valence-corrected chi connectivity index (χ3v) is 2.37. The molecule has 0 radical (unpaired) electrons. The van der Waals surface area contributed by atoms with Crippen molar-refractivity contribution in [3.63, 3.8) is 0 Å². The van der Waals surface area contributed by atoms with E-state index in [9.17, 15) is 0 Å². The number of piperidine rings is 1. The molecule has 1 aliphatic heterocycles. The Hall–Kier alpha value is -0.770. The van der Waals surface area contributed by atoms with Gasteiger partial charge in [-0.2, -0.15) is 0 Å². The fraction of sp³-hybridized carbons (Fsp3) is 0.875. The zero-order valence-corrected chi connectivity index (χ0v) is 7.66. The molecular weight excluding hydrogens is 152 g/mol. The summed E-state index contributed by atoms with van der Waals surface area (Å²) in [6.45, 7) is 3.14. The molecule has 4 nitrogen and oxygen atoms in total. The first kappa shape index (κ1) is 9.32. The van der Waals surface area contributed by atoms with E-state index in [2.05, 4.69) is 16.9 Å². The molecule has 4 N–H and O–H groups in total. The normalized spacial score (nSPS) is 20.8. The SMILES string of the molecule is CN1CCC(CN=C(N)N)CC1. The van der Waals surface area contributed by atoms with Gasteiger partial charge in [0.1, 0.15) is 0 Å². The first-order valence-corrected chi connectivity index (χ1v) is 4.42. The molecule has 1 heterocycles. The number of rotatable bonds is 2. The summed E-state index contributed by atoms with van der Waals surface area (Å²) >= 11 is 0. The molecule has 12 heavy (non-hydrogen) atoms. The maximum Gasteiger partial charge on any atom is 0.185 e. The van der Waals surface area contributed by atoms with Crippen molar-refractivity contribution in [3.8, 4) is 0 Å². The van der Waals surface area contributed by atoms with Crippen LogP contribution < -0.4 is 11.5 Å². The summed E-state index contributed by atoms with van der Waals surface area (Å²) in [5.74, 6) is 0.900. The molecular formula is C8H18N4. The predicted octanol–water partition coefficient (Wildman–Crippen LogP) is -0.398. The van der Waals surface area contributed by atoms with Crippen molar-refractivity contribution in [2.24, 2.45) is 22.4 Å². The van der Waals surface area contributed by atoms with E-state index >= 15 is 0 Å². The summed E-state index contributed by atoms with van der Waals surface area (Å²) in [6.07, 6.45) is 2.43. The number of hydrogen-bond acceptors (Lipinski definition) is 2. The van der Waals surface area contributed by atoms with Crippen LogP contribution in [0.5, 0.6) is 0 Å². The Morgan fingerprint density at radius 2 is 2.00 bits per heavy atom. The number of likely N-dealkylation sites (tertiary alicyclic amines) is 1. The molecule has 1 aliphatic rings. The highest BCUT2D eigenvalue weighted by Gasteiger charge is 2.15. The minimum Gasteiger partial charge on any atom is -0.370 e. The van der Waals surface area contributed by atoms with Crippen LogP contribution in [0.3, 0.4) is 0 Å². The van der Waals surface area contributed by atoms with Gasteiger partial charge in [-0.3, -0.25) is 4.99 Å². The van der Waals surface area contributed by atoms with Crippen LogP contribution in [0.15, 0.2) is 4.99 Å². The zero-order valence-electron chi connectivity index (χ0n) is 7.66. The summed E-state index contributed by atoms with van der Waals surface area (Å²) in [7, 11) is 2.15. The van der Waals surface area contributed by atoms with Gasteiger partial charge in [0.25, 0.3) is 0 Å². The number of aliphatic imine (C=N–C) groups is 1. The van der Waals surface area contributed by atoms with E-state index in [1.165, 1.54) is 25.9 Å². The molecule has 0 aliphatic carbocycles. The highest BCUT2D eigenvalue weighted by molar-refractivity contribution is 5.75. The van der Waals surface area contributed by atoms with Crippen LogP contribution in [-0.2, 0) is 0 Å². The molecule has 1 saturated heterocycles. The van der Waals surface area contributed by atoms with E-state index in [0.29, 0.717) is 5.92 Å². The summed E-state index contributed by atoms with van der Waals surface area (Å²) in [5, 5.41) is 0. The van der Waals surface area contributed by atoms with E-state index < -0.39 is 0 Å². The van der Waals surface area contributed by atoms with Crippen LogP contribution in [-0.4, -0.2) is 37.5 Å². The second kappa shape index (κ2) is 4.30. The minimum atomic E-state index is 0.217. The maximum atomic E-state index is 5.25. The molecule has 0 bridgehead atoms. The molecule has 0 amide bonds. The maximum absolute atomic E-state index is 5.25. The van der Waals surface area contributed by atoms with E-state index in [4.69, 9.17) is 11.5 Å². The van der Waals surface area contributed by atoms with Crippen molar-refractivity contribution in [2.45, 2.75) is 12.8 Å². The predicted molar refractivity (Wildman–Crippen MR) is 50.9 cm³/mol. The van der Waals surface area contributed by atoms with Gasteiger partial charge in [0, 0.05) is 6.54 Å². The van der Waals surface area contributed by atoms with Crippen molar-refractivity contribution < 1.29 is 0 Å². The highest BCUT2D eigenvalue weighted by atomic mass is 15.1. The fourth-order valence-electron chi connectivity index (χ4n) is 1.48. The van der Waals surface area contributed by atoms with Crippen LogP contribution in [0.2, 0.25) is 0 Å². The number of hydrogen-bond donors (Lipinski definition) is 2. The second-order valence-corrected chi connectivity index (χ2v) is 3.51. The summed E-state index contributed by atoms with van der Waals surface area (Å²) in [6, 6.07) is 0. The third kappa shape index (κ3) is 3.09. The van der Waals surface area contributed by atoms with Crippen LogP contribution in [0.1, 0.15) is 12.8 Å². The molecule has 0 aromatic carbocycles. The molecule has 70 valence electrons. The average Bonchev–Trinajstić information content (AvgIpc) is 2.03. The monoisotopic (exact) mass is 170 g/mol. The van der Waals surface area contributed by atoms with Crippen molar-refractivity contribution in [2.75, 3.05) is 26.7 Å². The Morgan fingerprint density at radius 1 is 1.42 bits per heavy atom. The Balaban J connectivity index is 2.22. The van der Waals surface area contributed by atoms with E-state index in [-0.39, 0.29) is 5.96 Å². The van der Waals surface area contributed by atoms with Gasteiger partial charge in [-0.15, -0.1) is 0 Å². The summed E-state index contributed by atoms with van der Waals surface area (Å²) in [5.41, 5.74) is 10.5. The highest BCUT2D eigenvalue weighted by Crippen LogP contribution is 2.15. The largest absolute Gasteiger partial charge is 0.370 e. The molecule has 0 aromatic heterocycles. The van der Waals surface area contributed by atoms with Gasteiger partial charge in [0.05, 0.1) is 0 Å². The van der Waals surface area contributed by atoms with Crippen molar-refractivity contribution in [1.29, 1.82) is 0 Å². The van der Waals surface area contributed by atoms with E-state index in [1.54, 1.807) is 0 Å². The second-order valence-electron chi connectivity index (χ2n) is 3.51. The summed E-state index contributed by atoms with van der Waals surface area (Å²) in [4.78, 5) is 6.37. The molecule has 1 fully saturated rings. The summed E-state index contributed by atoms with van der Waals surface area (Å²) < 4.78 is 0. The van der Waals surface area contributed by atoms with Crippen molar-refractivity contribution in [1.82, 2.24) is 4.90 Å². The van der Waals surface area contributed by atoms with Gasteiger partial charge >= 0.3 is 0 Å². The molecule has 4 heteroatoms. The first-order chi connectivity index (χ1) is 5.68. The smallest absolute Gasteiger partial charge is 0.185 e. The lowest BCUT2D eigenvalue weighted by Gasteiger charge is -2.27. The quantitative estimate of drug-likeness (QED) is 0.438. The molecule has 0 aromatic rings. The van der Waals surface area contributed by atoms with Crippen LogP contribution in [0.4, 0.5) is 0 Å². The molecule has 0 saturated carbocycles. The fourth-order valence-corrected chi connectivity index (χ4v) is 1.48. The molecule has 0 unspecified atom stereocenters. The lowest BCUT2D eigenvalue weighted by Crippen LogP contribution is -2.32. The van der Waals surface area contributed by atoms with Gasteiger partial charge in [0.15, 0.2) is 5.96 Å². The van der Waals surface area contributed by atoms with Gasteiger partial charge < -0.3 is 16.4 Å². The molecule has 0 atom stereocenters. The number of guanidine groups is 1. The Kier molecular flexibility index (Phi) is 3.34. The Morgan fingerprint density at radius 3 is 2.50 bits per heavy atom. The first-order valence-electron chi connectivity index (χ1n) is 4.42. The van der Waals surface area contributed by atoms with E-state index in [1.807, 2.05) is 0 Å². The van der Waals surface area contributed by atoms with Crippen LogP contribution in [0, 0.1) is 5.92 Å². The van der Waals surface area contributed by atoms with Gasteiger partial charge in [-0.25, -0.2) is 0 Å². The van der Waals surface area contributed by atoms with Crippen molar-refractivity contribution in [3.05, 3.63) is 0 Å². The van der Waals surface area contributed by atoms with Crippen LogP contribution >= 0.6 is 0 Å². The van der Waals surface area contributed by atoms with Crippen molar-refractivity contribution >= 4 is 5.96 Å². The Labute approximate surface area is 73.6 Å². The standard InChI is InChI=1S/C8H18N4/c1-12-4-2-7(3-5-12)6-11-8(9)10/h7H,2-6H2,1H3,(H4,9,10,11). The molecule has 1 rings (SSSR count). The van der Waals surface area contributed by atoms with E-state index in [0.717, 1.165) is 6.54 Å². The van der Waals surface area contributed by atoms with Gasteiger partial charge in [0.2, 0.25) is 0 Å². The lowest BCUT2D eigenvalue weighted by atomic mass is 9.97. The van der Waals surface area contributed by atoms with Gasteiger partial charge in [-0.1, -0.05) is 0 Å².